The molecule has 110 valence electrons. The zero-order valence-electron chi connectivity index (χ0n) is 12.1. The number of rotatable bonds is 8. The van der Waals surface area contributed by atoms with Crippen molar-refractivity contribution in [1.82, 2.24) is 5.32 Å². The molecule has 2 aromatic rings. The van der Waals surface area contributed by atoms with Gasteiger partial charge >= 0.3 is 0 Å². The molecule has 2 N–H and O–H groups in total. The Labute approximate surface area is 129 Å². The van der Waals surface area contributed by atoms with Crippen LogP contribution in [0.4, 0.5) is 0 Å². The molecule has 0 aromatic carbocycles. The van der Waals surface area contributed by atoms with E-state index in [2.05, 4.69) is 47.3 Å². The lowest BCUT2D eigenvalue weighted by Crippen LogP contribution is -2.39. The number of hydrogen-bond donors (Lipinski definition) is 2. The predicted molar refractivity (Wildman–Crippen MR) is 88.6 cm³/mol. The molecule has 2 heterocycles. The minimum Gasteiger partial charge on any atom is -0.389 e. The Morgan fingerprint density at radius 3 is 2.60 bits per heavy atom. The molecule has 0 fully saturated rings. The molecule has 2 unspecified atom stereocenters. The van der Waals surface area contributed by atoms with Gasteiger partial charge < -0.3 is 10.4 Å². The average molecular weight is 310 g/mol. The van der Waals surface area contributed by atoms with Crippen molar-refractivity contribution in [2.75, 3.05) is 6.54 Å². The van der Waals surface area contributed by atoms with Gasteiger partial charge in [-0.1, -0.05) is 25.5 Å². The molecule has 2 nitrogen and oxygen atoms in total. The summed E-state index contributed by atoms with van der Waals surface area (Å²) in [5.74, 6) is 0. The van der Waals surface area contributed by atoms with Crippen molar-refractivity contribution >= 4 is 22.7 Å². The topological polar surface area (TPSA) is 32.3 Å². The third-order valence-corrected chi connectivity index (χ3v) is 5.27. The zero-order valence-corrected chi connectivity index (χ0v) is 13.8. The molecular formula is C16H23NOS2. The van der Waals surface area contributed by atoms with Gasteiger partial charge in [0.25, 0.3) is 0 Å². The van der Waals surface area contributed by atoms with Crippen LogP contribution in [0.25, 0.3) is 0 Å². The second-order valence-electron chi connectivity index (χ2n) is 5.48. The lowest BCUT2D eigenvalue weighted by atomic mass is 10.00. The summed E-state index contributed by atoms with van der Waals surface area (Å²) in [6.45, 7) is 4.66. The van der Waals surface area contributed by atoms with Gasteiger partial charge in [-0.2, -0.15) is 0 Å². The molecule has 2 rings (SSSR count). The Hall–Kier alpha value is -0.680. The van der Waals surface area contributed by atoms with E-state index in [4.69, 9.17) is 0 Å². The second kappa shape index (κ2) is 7.36. The van der Waals surface area contributed by atoms with Crippen LogP contribution >= 0.6 is 22.7 Å². The first-order chi connectivity index (χ1) is 9.61. The summed E-state index contributed by atoms with van der Waals surface area (Å²) in [4.78, 5) is 2.72. The molecule has 2 aromatic heterocycles. The van der Waals surface area contributed by atoms with Crippen molar-refractivity contribution in [3.63, 3.8) is 0 Å². The van der Waals surface area contributed by atoms with Crippen LogP contribution in [0.2, 0.25) is 0 Å². The molecule has 0 bridgehead atoms. The minimum absolute atomic E-state index is 0.289. The van der Waals surface area contributed by atoms with Crippen molar-refractivity contribution in [2.45, 2.75) is 44.8 Å². The molecule has 0 aliphatic rings. The Kier molecular flexibility index (Phi) is 5.78. The molecule has 0 saturated carbocycles. The molecule has 0 amide bonds. The number of nitrogens with one attached hydrogen (secondary N) is 1. The Balaban J connectivity index is 2.00. The van der Waals surface area contributed by atoms with Crippen molar-refractivity contribution in [1.29, 1.82) is 0 Å². The van der Waals surface area contributed by atoms with Crippen molar-refractivity contribution < 1.29 is 5.11 Å². The third-order valence-electron chi connectivity index (χ3n) is 3.39. The summed E-state index contributed by atoms with van der Waals surface area (Å²) in [7, 11) is 0. The molecule has 0 aliphatic heterocycles. The summed E-state index contributed by atoms with van der Waals surface area (Å²) < 4.78 is 0. The van der Waals surface area contributed by atoms with E-state index in [1.165, 1.54) is 9.75 Å². The fourth-order valence-corrected chi connectivity index (χ4v) is 3.92. The van der Waals surface area contributed by atoms with E-state index in [1.54, 1.807) is 22.7 Å². The van der Waals surface area contributed by atoms with Crippen molar-refractivity contribution in [3.05, 3.63) is 44.8 Å². The molecule has 4 heteroatoms. The van der Waals surface area contributed by atoms with Gasteiger partial charge in [-0.05, 0) is 36.2 Å². The highest BCUT2D eigenvalue weighted by molar-refractivity contribution is 7.10. The first-order valence-corrected chi connectivity index (χ1v) is 8.88. The zero-order chi connectivity index (χ0) is 14.4. The number of hydrogen-bond acceptors (Lipinski definition) is 4. The smallest absolute Gasteiger partial charge is 0.0743 e. The maximum atomic E-state index is 10.3. The van der Waals surface area contributed by atoms with Gasteiger partial charge in [0.2, 0.25) is 0 Å². The quantitative estimate of drug-likeness (QED) is 0.764. The van der Waals surface area contributed by atoms with Crippen molar-refractivity contribution in [2.24, 2.45) is 0 Å². The molecule has 0 aliphatic carbocycles. The number of thiophene rings is 2. The van der Waals surface area contributed by atoms with E-state index in [9.17, 15) is 5.11 Å². The van der Waals surface area contributed by atoms with Crippen LogP contribution in [0.5, 0.6) is 0 Å². The summed E-state index contributed by atoms with van der Waals surface area (Å²) in [6, 6.07) is 8.82. The fraction of sp³-hybridized carbons (Fsp3) is 0.500. The monoisotopic (exact) mass is 309 g/mol. The van der Waals surface area contributed by atoms with Crippen LogP contribution in [0.1, 0.15) is 42.5 Å². The van der Waals surface area contributed by atoms with Gasteiger partial charge in [-0.15, -0.1) is 22.7 Å². The van der Waals surface area contributed by atoms with E-state index < -0.39 is 5.60 Å². The lowest BCUT2D eigenvalue weighted by Gasteiger charge is -2.26. The van der Waals surface area contributed by atoms with Crippen LogP contribution < -0.4 is 5.32 Å². The minimum atomic E-state index is -0.625. The highest BCUT2D eigenvalue weighted by Crippen LogP contribution is 2.25. The summed E-state index contributed by atoms with van der Waals surface area (Å²) in [6.07, 6.45) is 2.82. The van der Waals surface area contributed by atoms with Gasteiger partial charge in [0, 0.05) is 28.8 Å². The first kappa shape index (κ1) is 15.7. The number of aliphatic hydroxyl groups is 1. The van der Waals surface area contributed by atoms with Crippen LogP contribution in [-0.2, 0) is 6.42 Å². The molecular weight excluding hydrogens is 286 g/mol. The highest BCUT2D eigenvalue weighted by atomic mass is 32.1. The maximum Gasteiger partial charge on any atom is 0.0743 e. The lowest BCUT2D eigenvalue weighted by molar-refractivity contribution is 0.0472. The van der Waals surface area contributed by atoms with E-state index >= 15 is 0 Å². The molecule has 20 heavy (non-hydrogen) atoms. The van der Waals surface area contributed by atoms with E-state index in [0.29, 0.717) is 6.54 Å². The highest BCUT2D eigenvalue weighted by Gasteiger charge is 2.22. The normalized spacial score (nSPS) is 15.9. The fourth-order valence-electron chi connectivity index (χ4n) is 2.36. The Morgan fingerprint density at radius 2 is 2.00 bits per heavy atom. The molecule has 0 radical (unpaired) electrons. The molecule has 0 spiro atoms. The van der Waals surface area contributed by atoms with Crippen LogP contribution in [0, 0.1) is 0 Å². The van der Waals surface area contributed by atoms with E-state index in [-0.39, 0.29) is 6.04 Å². The van der Waals surface area contributed by atoms with E-state index in [0.717, 1.165) is 19.3 Å². The SMILES string of the molecule is CCCC(C)(O)CNC(Cc1cccs1)c1cccs1. The van der Waals surface area contributed by atoms with Crippen molar-refractivity contribution in [3.8, 4) is 0 Å². The van der Waals surface area contributed by atoms with E-state index in [1.807, 2.05) is 6.92 Å². The van der Waals surface area contributed by atoms with Crippen LogP contribution in [-0.4, -0.2) is 17.3 Å². The molecule has 0 saturated heterocycles. The predicted octanol–water partition coefficient (Wildman–Crippen LogP) is 4.23. The van der Waals surface area contributed by atoms with Gasteiger partial charge in [0.05, 0.1) is 5.60 Å². The Morgan fingerprint density at radius 1 is 1.25 bits per heavy atom. The summed E-state index contributed by atoms with van der Waals surface area (Å²) in [5, 5.41) is 18.1. The summed E-state index contributed by atoms with van der Waals surface area (Å²) in [5.41, 5.74) is -0.625. The van der Waals surface area contributed by atoms with Crippen LogP contribution in [0.3, 0.4) is 0 Å². The van der Waals surface area contributed by atoms with Gasteiger partial charge in [-0.25, -0.2) is 0 Å². The van der Waals surface area contributed by atoms with Crippen LogP contribution in [0.15, 0.2) is 35.0 Å². The van der Waals surface area contributed by atoms with Gasteiger partial charge in [-0.3, -0.25) is 0 Å². The Bertz CT molecular complexity index is 477. The third kappa shape index (κ3) is 4.70. The largest absolute Gasteiger partial charge is 0.389 e. The van der Waals surface area contributed by atoms with Gasteiger partial charge in [0.15, 0.2) is 0 Å². The van der Waals surface area contributed by atoms with Gasteiger partial charge in [0.1, 0.15) is 0 Å². The first-order valence-electron chi connectivity index (χ1n) is 7.12. The average Bonchev–Trinajstić information content (AvgIpc) is 3.07. The maximum absolute atomic E-state index is 10.3. The molecule has 2 atom stereocenters. The standard InChI is InChI=1S/C16H23NOS2/c1-3-8-16(2,18)12-17-14(15-7-5-10-20-15)11-13-6-4-9-19-13/h4-7,9-10,14,17-18H,3,8,11-12H2,1-2H3. The second-order valence-corrected chi connectivity index (χ2v) is 7.49. The summed E-state index contributed by atoms with van der Waals surface area (Å²) >= 11 is 3.57.